The van der Waals surface area contributed by atoms with Crippen molar-refractivity contribution in [2.24, 2.45) is 11.7 Å². The number of aromatic hydroxyl groups is 2. The molecule has 1 unspecified atom stereocenters. The molecule has 0 aromatic heterocycles. The zero-order chi connectivity index (χ0) is 36.5. The van der Waals surface area contributed by atoms with Crippen molar-refractivity contribution in [1.82, 2.24) is 0 Å². The van der Waals surface area contributed by atoms with Crippen molar-refractivity contribution in [2.45, 2.75) is 115 Å². The molecule has 1 fully saturated rings. The number of fused-ring (bicyclic) bond motifs is 3. The van der Waals surface area contributed by atoms with Crippen molar-refractivity contribution >= 4 is 17.3 Å². The lowest BCUT2D eigenvalue weighted by Crippen LogP contribution is -2.54. The topological polar surface area (TPSA) is 204 Å². The summed E-state index contributed by atoms with van der Waals surface area (Å²) in [5.74, 6) is -3.02. The summed E-state index contributed by atoms with van der Waals surface area (Å²) in [6.45, 7) is 7.49. The van der Waals surface area contributed by atoms with Gasteiger partial charge in [-0.1, -0.05) is 45.2 Å². The van der Waals surface area contributed by atoms with Crippen LogP contribution in [0.3, 0.4) is 0 Å². The summed E-state index contributed by atoms with van der Waals surface area (Å²) in [5.41, 5.74) is 3.00. The van der Waals surface area contributed by atoms with Crippen LogP contribution >= 0.6 is 0 Å². The Labute approximate surface area is 291 Å². The number of hydrogen-bond donors (Lipinski definition) is 5. The van der Waals surface area contributed by atoms with Gasteiger partial charge in [-0.3, -0.25) is 14.4 Å². The summed E-state index contributed by atoms with van der Waals surface area (Å²) < 4.78 is 29.7. The van der Waals surface area contributed by atoms with Crippen LogP contribution < -0.4 is 10.5 Å². The SMILES string of the molecule is COc1cccc2c1C(=O)c1c(O)c3c(c(O)c1C2=O)C[C@@](O)(C(=O)CO)C[C@@H]3O[C@H]1C[C@H](N)[C@H](OC(C)OCCCCCC(C)C)[C@H](C)O1. The Kier molecular flexibility index (Phi) is 11.7. The maximum absolute atomic E-state index is 13.9. The van der Waals surface area contributed by atoms with Crippen LogP contribution in [0.5, 0.6) is 17.2 Å². The highest BCUT2D eigenvalue weighted by atomic mass is 16.7. The fourth-order valence-electron chi connectivity index (χ4n) is 7.29. The maximum Gasteiger partial charge on any atom is 0.202 e. The molecular formula is C37H49NO12. The molecule has 2 aromatic carbocycles. The molecule has 7 atom stereocenters. The molecule has 0 spiro atoms. The molecule has 0 bridgehead atoms. The van der Waals surface area contributed by atoms with Crippen LogP contribution in [0, 0.1) is 5.92 Å². The first-order valence-corrected chi connectivity index (χ1v) is 17.3. The molecule has 13 heteroatoms. The fourth-order valence-corrected chi connectivity index (χ4v) is 7.29. The van der Waals surface area contributed by atoms with Gasteiger partial charge in [0.1, 0.15) is 35.6 Å². The molecule has 2 aliphatic carbocycles. The Morgan fingerprint density at radius 2 is 1.78 bits per heavy atom. The van der Waals surface area contributed by atoms with Crippen molar-refractivity contribution in [3.8, 4) is 17.2 Å². The van der Waals surface area contributed by atoms with Gasteiger partial charge < -0.3 is 49.8 Å². The molecule has 1 saturated heterocycles. The second kappa shape index (κ2) is 15.4. The summed E-state index contributed by atoms with van der Waals surface area (Å²) in [6.07, 6.45) is -0.665. The minimum absolute atomic E-state index is 0.0430. The van der Waals surface area contributed by atoms with Crippen LogP contribution in [-0.4, -0.2) is 94.5 Å². The summed E-state index contributed by atoms with van der Waals surface area (Å²) in [4.78, 5) is 40.4. The van der Waals surface area contributed by atoms with Gasteiger partial charge in [-0.05, 0) is 32.3 Å². The number of unbranched alkanes of at least 4 members (excludes halogenated alkanes) is 2. The van der Waals surface area contributed by atoms with Crippen molar-refractivity contribution in [2.75, 3.05) is 20.3 Å². The molecule has 0 saturated carbocycles. The summed E-state index contributed by atoms with van der Waals surface area (Å²) in [6, 6.07) is 3.83. The number of aliphatic hydroxyl groups excluding tert-OH is 1. The molecule has 1 aliphatic heterocycles. The zero-order valence-electron chi connectivity index (χ0n) is 29.3. The van der Waals surface area contributed by atoms with Crippen molar-refractivity contribution in [3.05, 3.63) is 51.6 Å². The minimum atomic E-state index is -2.25. The van der Waals surface area contributed by atoms with E-state index in [-0.39, 0.29) is 34.4 Å². The highest BCUT2D eigenvalue weighted by Crippen LogP contribution is 2.52. The van der Waals surface area contributed by atoms with E-state index in [9.17, 15) is 34.8 Å². The van der Waals surface area contributed by atoms with Gasteiger partial charge >= 0.3 is 0 Å². The van der Waals surface area contributed by atoms with Crippen LogP contribution in [0.15, 0.2) is 18.2 Å². The predicted octanol–water partition coefficient (Wildman–Crippen LogP) is 3.60. The summed E-state index contributed by atoms with van der Waals surface area (Å²) >= 11 is 0. The number of nitrogens with two attached hydrogens (primary N) is 1. The number of carbonyl (C=O) groups excluding carboxylic acids is 3. The van der Waals surface area contributed by atoms with E-state index in [0.717, 1.165) is 19.3 Å². The third-order valence-corrected chi connectivity index (χ3v) is 9.90. The van der Waals surface area contributed by atoms with Crippen molar-refractivity contribution in [3.63, 3.8) is 0 Å². The number of rotatable bonds is 14. The number of hydrogen-bond acceptors (Lipinski definition) is 13. The monoisotopic (exact) mass is 699 g/mol. The number of carbonyl (C=O) groups is 3. The van der Waals surface area contributed by atoms with E-state index in [0.29, 0.717) is 12.5 Å². The Morgan fingerprint density at radius 3 is 2.44 bits per heavy atom. The molecule has 13 nitrogen and oxygen atoms in total. The highest BCUT2D eigenvalue weighted by Gasteiger charge is 2.50. The van der Waals surface area contributed by atoms with E-state index in [1.165, 1.54) is 31.7 Å². The Balaban J connectivity index is 1.39. The van der Waals surface area contributed by atoms with Gasteiger partial charge in [0, 0.05) is 48.6 Å². The van der Waals surface area contributed by atoms with Crippen molar-refractivity contribution < 1.29 is 58.5 Å². The van der Waals surface area contributed by atoms with E-state index < -0.39 is 102 Å². The lowest BCUT2D eigenvalue weighted by Gasteiger charge is -2.43. The lowest BCUT2D eigenvalue weighted by atomic mass is 9.72. The Hall–Kier alpha value is -3.43. The third-order valence-electron chi connectivity index (χ3n) is 9.90. The second-order valence-electron chi connectivity index (χ2n) is 14.0. The normalized spacial score (nSPS) is 26.7. The van der Waals surface area contributed by atoms with Crippen LogP contribution in [0.25, 0.3) is 0 Å². The van der Waals surface area contributed by atoms with Gasteiger partial charge in [-0.2, -0.15) is 0 Å². The summed E-state index contributed by atoms with van der Waals surface area (Å²) in [7, 11) is 1.34. The molecule has 1 heterocycles. The number of ether oxygens (including phenoxy) is 5. The largest absolute Gasteiger partial charge is 0.507 e. The number of aliphatic hydroxyl groups is 2. The van der Waals surface area contributed by atoms with E-state index in [4.69, 9.17) is 29.4 Å². The first kappa shape index (κ1) is 37.8. The number of ketones is 3. The number of methoxy groups -OCH3 is 1. The highest BCUT2D eigenvalue weighted by molar-refractivity contribution is 6.31. The minimum Gasteiger partial charge on any atom is -0.507 e. The second-order valence-corrected chi connectivity index (χ2v) is 14.0. The molecule has 5 rings (SSSR count). The molecular weight excluding hydrogens is 650 g/mol. The Bertz CT molecular complexity index is 1600. The van der Waals surface area contributed by atoms with E-state index >= 15 is 0 Å². The van der Waals surface area contributed by atoms with Crippen LogP contribution in [-0.2, 0) is 30.2 Å². The van der Waals surface area contributed by atoms with Gasteiger partial charge in [0.15, 0.2) is 24.1 Å². The van der Waals surface area contributed by atoms with Crippen molar-refractivity contribution in [1.29, 1.82) is 0 Å². The van der Waals surface area contributed by atoms with Gasteiger partial charge in [-0.25, -0.2) is 0 Å². The Morgan fingerprint density at radius 1 is 1.06 bits per heavy atom. The van der Waals surface area contributed by atoms with Gasteiger partial charge in [0.2, 0.25) is 5.78 Å². The van der Waals surface area contributed by atoms with Gasteiger partial charge in [0.25, 0.3) is 0 Å². The molecule has 3 aliphatic rings. The first-order valence-electron chi connectivity index (χ1n) is 17.3. The fraction of sp³-hybridized carbons (Fsp3) is 0.595. The molecule has 274 valence electrons. The standard InChI is InChI=1S/C37H49NO12/c1-18(2)10-7-6-8-13-47-20(4)49-36-19(3)48-27(14-23(36)38)50-25-16-37(45,26(40)17-39)15-22-29(25)35(44)31-30(33(22)42)32(41)21-11-9-12-24(46-5)28(21)34(31)43/h9,11-12,18-20,23,25,27,36,39,42,44-45H,6-8,10,13-17,38H2,1-5H3/t19-,20?,23-,25-,27-,36+,37-/m0/s1. The zero-order valence-corrected chi connectivity index (χ0v) is 29.3. The molecule has 50 heavy (non-hydrogen) atoms. The quantitative estimate of drug-likeness (QED) is 0.0928. The van der Waals surface area contributed by atoms with E-state index in [2.05, 4.69) is 13.8 Å². The van der Waals surface area contributed by atoms with Crippen LogP contribution in [0.2, 0.25) is 0 Å². The molecule has 6 N–H and O–H groups in total. The lowest BCUT2D eigenvalue weighted by molar-refractivity contribution is -0.274. The molecule has 2 aromatic rings. The first-order chi connectivity index (χ1) is 23.7. The summed E-state index contributed by atoms with van der Waals surface area (Å²) in [5, 5.41) is 44.5. The van der Waals surface area contributed by atoms with Crippen LogP contribution in [0.4, 0.5) is 0 Å². The average Bonchev–Trinajstić information content (AvgIpc) is 3.07. The number of phenols is 2. The number of Topliss-reactive ketones (excluding diaryl/α,β-unsaturated/α-hetero) is 1. The number of benzene rings is 2. The third kappa shape index (κ3) is 7.31. The van der Waals surface area contributed by atoms with Gasteiger partial charge in [-0.15, -0.1) is 0 Å². The molecule has 0 amide bonds. The molecule has 0 radical (unpaired) electrons. The average molecular weight is 700 g/mol. The van der Waals surface area contributed by atoms with Crippen LogP contribution in [0.1, 0.15) is 115 Å². The van der Waals surface area contributed by atoms with Gasteiger partial charge in [0.05, 0.1) is 36.0 Å². The van der Waals surface area contributed by atoms with E-state index in [1.54, 1.807) is 13.8 Å². The number of phenolic OH excluding ortho intramolecular Hbond substituents is 2. The smallest absolute Gasteiger partial charge is 0.202 e. The predicted molar refractivity (Wildman–Crippen MR) is 179 cm³/mol. The van der Waals surface area contributed by atoms with E-state index in [1.807, 2.05) is 0 Å². The maximum atomic E-state index is 13.9.